The first-order valence-corrected chi connectivity index (χ1v) is 6.24. The van der Waals surface area contributed by atoms with Crippen LogP contribution in [0.4, 0.5) is 0 Å². The highest BCUT2D eigenvalue weighted by Crippen LogP contribution is 2.63. The summed E-state index contributed by atoms with van der Waals surface area (Å²) >= 11 is 0. The Morgan fingerprint density at radius 3 is 2.33 bits per heavy atom. The number of methoxy groups -OCH3 is 1. The molecule has 0 aliphatic heterocycles. The Hall–Kier alpha value is -0.530. The average molecular weight is 208 g/mol. The lowest BCUT2D eigenvalue weighted by Gasteiger charge is -2.58. The van der Waals surface area contributed by atoms with Crippen LogP contribution in [-0.4, -0.2) is 13.1 Å². The lowest BCUT2D eigenvalue weighted by atomic mass is 9.45. The minimum atomic E-state index is -0.0938. The molecule has 15 heavy (non-hydrogen) atoms. The van der Waals surface area contributed by atoms with Crippen molar-refractivity contribution in [3.63, 3.8) is 0 Å². The van der Waals surface area contributed by atoms with Gasteiger partial charge in [-0.2, -0.15) is 0 Å². The predicted molar refractivity (Wildman–Crippen MR) is 57.2 cm³/mol. The molecule has 4 bridgehead atoms. The fourth-order valence-electron chi connectivity index (χ4n) is 4.85. The molecule has 4 aliphatic rings. The molecule has 0 aromatic heterocycles. The van der Waals surface area contributed by atoms with Crippen molar-refractivity contribution in [1.29, 1.82) is 0 Å². The first-order valence-electron chi connectivity index (χ1n) is 6.24. The van der Waals surface area contributed by atoms with Crippen molar-refractivity contribution < 1.29 is 9.53 Å². The van der Waals surface area contributed by atoms with Crippen LogP contribution in [0, 0.1) is 29.1 Å². The fraction of sp³-hybridized carbons (Fsp3) is 0.923. The number of esters is 1. The van der Waals surface area contributed by atoms with Crippen LogP contribution in [0.2, 0.25) is 0 Å². The third-order valence-electron chi connectivity index (χ3n) is 5.42. The van der Waals surface area contributed by atoms with Crippen molar-refractivity contribution in [2.24, 2.45) is 29.1 Å². The lowest BCUT2D eigenvalue weighted by Crippen LogP contribution is -2.55. The molecule has 0 N–H and O–H groups in total. The van der Waals surface area contributed by atoms with E-state index in [-0.39, 0.29) is 11.4 Å². The largest absolute Gasteiger partial charge is 0.469 e. The standard InChI is InChI=1S/C13H20O2/c1-8-11-4-9-3-10(5-11)7-13(8,6-9)12(14)15-2/h8-11H,3-7H2,1-2H3. The van der Waals surface area contributed by atoms with E-state index in [0.717, 1.165) is 30.6 Å². The summed E-state index contributed by atoms with van der Waals surface area (Å²) in [5.74, 6) is 3.07. The summed E-state index contributed by atoms with van der Waals surface area (Å²) in [7, 11) is 1.55. The highest BCUT2D eigenvalue weighted by molar-refractivity contribution is 5.77. The molecule has 3 unspecified atom stereocenters. The van der Waals surface area contributed by atoms with Gasteiger partial charge in [-0.15, -0.1) is 0 Å². The van der Waals surface area contributed by atoms with Gasteiger partial charge in [-0.1, -0.05) is 6.92 Å². The first kappa shape index (κ1) is 9.68. The van der Waals surface area contributed by atoms with Crippen molar-refractivity contribution in [2.45, 2.75) is 39.0 Å². The minimum absolute atomic E-state index is 0.0779. The lowest BCUT2D eigenvalue weighted by molar-refractivity contribution is -0.179. The summed E-state index contributed by atoms with van der Waals surface area (Å²) in [4.78, 5) is 12.1. The zero-order valence-corrected chi connectivity index (χ0v) is 9.66. The maximum Gasteiger partial charge on any atom is 0.312 e. The molecule has 84 valence electrons. The quantitative estimate of drug-likeness (QED) is 0.619. The van der Waals surface area contributed by atoms with E-state index in [9.17, 15) is 4.79 Å². The van der Waals surface area contributed by atoms with Gasteiger partial charge in [0.05, 0.1) is 12.5 Å². The van der Waals surface area contributed by atoms with Gasteiger partial charge in [-0.3, -0.25) is 4.79 Å². The van der Waals surface area contributed by atoms with E-state index in [0.29, 0.717) is 5.92 Å². The summed E-state index contributed by atoms with van der Waals surface area (Å²) in [6.45, 7) is 2.28. The Labute approximate surface area is 91.4 Å². The monoisotopic (exact) mass is 208 g/mol. The predicted octanol–water partition coefficient (Wildman–Crippen LogP) is 2.62. The molecular weight excluding hydrogens is 188 g/mol. The number of ether oxygens (including phenoxy) is 1. The molecule has 2 nitrogen and oxygen atoms in total. The van der Waals surface area contributed by atoms with Crippen molar-refractivity contribution >= 4 is 5.97 Å². The van der Waals surface area contributed by atoms with Crippen LogP contribution in [0.25, 0.3) is 0 Å². The van der Waals surface area contributed by atoms with Crippen LogP contribution in [0.3, 0.4) is 0 Å². The molecule has 0 spiro atoms. The fourth-order valence-corrected chi connectivity index (χ4v) is 4.85. The van der Waals surface area contributed by atoms with E-state index in [2.05, 4.69) is 6.92 Å². The normalized spacial score (nSPS) is 51.9. The molecule has 0 heterocycles. The summed E-state index contributed by atoms with van der Waals surface area (Å²) in [6, 6.07) is 0. The molecule has 0 saturated heterocycles. The van der Waals surface area contributed by atoms with Crippen LogP contribution >= 0.6 is 0 Å². The van der Waals surface area contributed by atoms with Crippen molar-refractivity contribution in [3.05, 3.63) is 0 Å². The Bertz CT molecular complexity index is 283. The molecule has 0 amide bonds. The molecule has 4 aliphatic carbocycles. The Kier molecular flexibility index (Phi) is 1.93. The molecule has 2 heteroatoms. The first-order chi connectivity index (χ1) is 7.15. The summed E-state index contributed by atoms with van der Waals surface area (Å²) in [5, 5.41) is 0. The van der Waals surface area contributed by atoms with Crippen molar-refractivity contribution in [2.75, 3.05) is 7.11 Å². The van der Waals surface area contributed by atoms with Gasteiger partial charge in [-0.25, -0.2) is 0 Å². The van der Waals surface area contributed by atoms with Crippen molar-refractivity contribution in [1.82, 2.24) is 0 Å². The summed E-state index contributed by atoms with van der Waals surface area (Å²) < 4.78 is 5.07. The highest BCUT2D eigenvalue weighted by atomic mass is 16.5. The Morgan fingerprint density at radius 2 is 1.80 bits per heavy atom. The molecule has 0 aromatic rings. The second-order valence-corrected chi connectivity index (χ2v) is 6.04. The van der Waals surface area contributed by atoms with Crippen LogP contribution in [0.5, 0.6) is 0 Å². The molecular formula is C13H20O2. The topological polar surface area (TPSA) is 26.3 Å². The van der Waals surface area contributed by atoms with Gasteiger partial charge in [-0.05, 0) is 55.8 Å². The van der Waals surface area contributed by atoms with E-state index in [4.69, 9.17) is 4.74 Å². The van der Waals surface area contributed by atoms with Crippen LogP contribution < -0.4 is 0 Å². The zero-order chi connectivity index (χ0) is 10.6. The maximum atomic E-state index is 12.1. The van der Waals surface area contributed by atoms with Crippen molar-refractivity contribution in [3.8, 4) is 0 Å². The van der Waals surface area contributed by atoms with E-state index in [1.807, 2.05) is 0 Å². The van der Waals surface area contributed by atoms with Gasteiger partial charge in [0, 0.05) is 0 Å². The molecule has 4 rings (SSSR count). The number of hydrogen-bond acceptors (Lipinski definition) is 2. The third-order valence-corrected chi connectivity index (χ3v) is 5.42. The SMILES string of the molecule is COC(=O)C12CC3CC(CC(C3)C1C)C2. The second-order valence-electron chi connectivity index (χ2n) is 6.04. The van der Waals surface area contributed by atoms with Gasteiger partial charge in [0.15, 0.2) is 0 Å². The van der Waals surface area contributed by atoms with E-state index >= 15 is 0 Å². The van der Waals surface area contributed by atoms with Gasteiger partial charge >= 0.3 is 5.97 Å². The second kappa shape index (κ2) is 2.99. The van der Waals surface area contributed by atoms with Gasteiger partial charge in [0.25, 0.3) is 0 Å². The molecule has 4 saturated carbocycles. The Balaban J connectivity index is 1.97. The number of carbonyl (C=O) groups is 1. The maximum absolute atomic E-state index is 12.1. The molecule has 3 atom stereocenters. The highest BCUT2D eigenvalue weighted by Gasteiger charge is 2.59. The summed E-state index contributed by atoms with van der Waals surface area (Å²) in [5.41, 5.74) is -0.0938. The number of rotatable bonds is 1. The number of hydrogen-bond donors (Lipinski definition) is 0. The molecule has 0 radical (unpaired) electrons. The van der Waals surface area contributed by atoms with E-state index in [1.54, 1.807) is 7.11 Å². The average Bonchev–Trinajstić information content (AvgIpc) is 2.23. The molecule has 4 fully saturated rings. The smallest absolute Gasteiger partial charge is 0.312 e. The van der Waals surface area contributed by atoms with Crippen LogP contribution in [-0.2, 0) is 9.53 Å². The van der Waals surface area contributed by atoms with Crippen LogP contribution in [0.15, 0.2) is 0 Å². The Morgan fingerprint density at radius 1 is 1.20 bits per heavy atom. The van der Waals surface area contributed by atoms with Crippen LogP contribution in [0.1, 0.15) is 39.0 Å². The molecule has 0 aromatic carbocycles. The minimum Gasteiger partial charge on any atom is -0.469 e. The van der Waals surface area contributed by atoms with E-state index < -0.39 is 0 Å². The van der Waals surface area contributed by atoms with Gasteiger partial charge < -0.3 is 4.74 Å². The third kappa shape index (κ3) is 1.14. The number of carbonyl (C=O) groups excluding carboxylic acids is 1. The van der Waals surface area contributed by atoms with E-state index in [1.165, 1.54) is 19.3 Å². The summed E-state index contributed by atoms with van der Waals surface area (Å²) in [6.07, 6.45) is 6.33. The van der Waals surface area contributed by atoms with Gasteiger partial charge in [0.2, 0.25) is 0 Å². The van der Waals surface area contributed by atoms with Gasteiger partial charge in [0.1, 0.15) is 0 Å². The zero-order valence-electron chi connectivity index (χ0n) is 9.66.